The van der Waals surface area contributed by atoms with Crippen molar-refractivity contribution < 1.29 is 37.3 Å². The maximum absolute atomic E-state index is 13.2. The lowest BCUT2D eigenvalue weighted by Crippen LogP contribution is -3.34. The van der Waals surface area contributed by atoms with Gasteiger partial charge in [-0.3, -0.25) is 9.59 Å². The summed E-state index contributed by atoms with van der Waals surface area (Å²) in [5.74, 6) is -0.953. The second kappa shape index (κ2) is 11.2. The van der Waals surface area contributed by atoms with Crippen LogP contribution in [0, 0.1) is 3.57 Å². The van der Waals surface area contributed by atoms with E-state index in [2.05, 4.69) is 41.1 Å². The van der Waals surface area contributed by atoms with Crippen molar-refractivity contribution in [1.82, 2.24) is 4.90 Å². The van der Waals surface area contributed by atoms with Crippen molar-refractivity contribution in [1.29, 1.82) is 0 Å². The van der Waals surface area contributed by atoms with Crippen molar-refractivity contribution in [3.05, 3.63) is 110 Å². The Morgan fingerprint density at radius 1 is 0.972 bits per heavy atom. The second-order valence-corrected chi connectivity index (χ2v) is 10.7. The fourth-order valence-corrected chi connectivity index (χ4v) is 5.01. The van der Waals surface area contributed by atoms with Crippen molar-refractivity contribution >= 4 is 28.7 Å². The molecular formula is C30H30IN2O3+. The molecule has 1 aliphatic rings. The van der Waals surface area contributed by atoms with Gasteiger partial charge in [-0.15, -0.1) is 0 Å². The van der Waals surface area contributed by atoms with Crippen LogP contribution in [-0.4, -0.2) is 36.0 Å². The van der Waals surface area contributed by atoms with Gasteiger partial charge in [0.25, 0.3) is 28.5 Å². The van der Waals surface area contributed by atoms with E-state index < -0.39 is 5.97 Å². The van der Waals surface area contributed by atoms with Crippen LogP contribution in [0.5, 0.6) is 0 Å². The number of amides is 1. The molecular weight excluding hydrogens is 563 g/mol. The fraction of sp³-hybridized carbons (Fsp3) is 0.200. The molecule has 4 rings (SSSR count). The number of anilines is 1. The summed E-state index contributed by atoms with van der Waals surface area (Å²) in [6.07, 6.45) is 1.15. The molecule has 0 atom stereocenters. The van der Waals surface area contributed by atoms with Gasteiger partial charge in [0.15, 0.2) is 3.57 Å². The number of carboxylic acids is 1. The fourth-order valence-electron chi connectivity index (χ4n) is 4.48. The van der Waals surface area contributed by atoms with Gasteiger partial charge >= 0.3 is 5.97 Å². The predicted octanol–water partition coefficient (Wildman–Crippen LogP) is 1.88. The molecule has 36 heavy (non-hydrogen) atoms. The quantitative estimate of drug-likeness (QED) is 0.294. The monoisotopic (exact) mass is 593 g/mol. The zero-order chi connectivity index (χ0) is 25.8. The second-order valence-electron chi connectivity index (χ2n) is 9.34. The Labute approximate surface area is 225 Å². The largest absolute Gasteiger partial charge is 0.481 e. The van der Waals surface area contributed by atoms with Gasteiger partial charge in [-0.2, -0.15) is 0 Å². The van der Waals surface area contributed by atoms with E-state index in [9.17, 15) is 9.59 Å². The molecule has 184 valence electrons. The number of nitrogens with zero attached hydrogens (tertiary/aromatic N) is 1. The molecule has 0 radical (unpaired) electrons. The molecule has 0 spiro atoms. The molecule has 0 saturated heterocycles. The maximum Gasteiger partial charge on any atom is 0.303 e. The molecule has 6 heteroatoms. The zero-order valence-electron chi connectivity index (χ0n) is 20.5. The van der Waals surface area contributed by atoms with Crippen molar-refractivity contribution in [2.45, 2.75) is 25.8 Å². The van der Waals surface area contributed by atoms with E-state index >= 15 is 0 Å². The molecule has 0 unspecified atom stereocenters. The molecule has 0 saturated carbocycles. The number of carbonyl (C=O) groups excluding carboxylic acids is 1. The van der Waals surface area contributed by atoms with E-state index in [1.54, 1.807) is 0 Å². The lowest BCUT2D eigenvalue weighted by atomic mass is 9.87. The molecule has 0 aliphatic carbocycles. The van der Waals surface area contributed by atoms with Crippen molar-refractivity contribution in [3.8, 4) is 0 Å². The molecule has 3 aromatic rings. The van der Waals surface area contributed by atoms with E-state index in [1.807, 2.05) is 79.2 Å². The highest BCUT2D eigenvalue weighted by Crippen LogP contribution is 2.40. The van der Waals surface area contributed by atoms with Crippen LogP contribution in [0.3, 0.4) is 0 Å². The van der Waals surface area contributed by atoms with Crippen LogP contribution in [0.4, 0.5) is 5.69 Å². The minimum absolute atomic E-state index is 0.0825. The average molecular weight is 593 g/mol. The third-order valence-electron chi connectivity index (χ3n) is 6.15. The van der Waals surface area contributed by atoms with Crippen LogP contribution in [0.2, 0.25) is 0 Å². The Hall–Kier alpha value is -3.23. The molecule has 0 aromatic heterocycles. The van der Waals surface area contributed by atoms with Gasteiger partial charge in [0.2, 0.25) is 0 Å². The van der Waals surface area contributed by atoms with Gasteiger partial charge in [0, 0.05) is 24.6 Å². The summed E-state index contributed by atoms with van der Waals surface area (Å²) in [5.41, 5.74) is 8.19. The van der Waals surface area contributed by atoms with Gasteiger partial charge in [0.1, 0.15) is 0 Å². The molecule has 0 bridgehead atoms. The van der Waals surface area contributed by atoms with Crippen LogP contribution >= 0.6 is 0 Å². The number of hydrogen-bond donors (Lipinski definition) is 2. The number of carboxylic acid groups (broad SMARTS) is 1. The Balaban J connectivity index is 1.73. The molecule has 0 fully saturated rings. The van der Waals surface area contributed by atoms with Gasteiger partial charge in [-0.05, 0) is 72.5 Å². The number of fused-ring (bicyclic) bond motifs is 1. The van der Waals surface area contributed by atoms with E-state index in [0.29, 0.717) is 18.4 Å². The average Bonchev–Trinajstić information content (AvgIpc) is 3.14. The highest BCUT2D eigenvalue weighted by atomic mass is 127. The van der Waals surface area contributed by atoms with Gasteiger partial charge < -0.3 is 15.3 Å². The summed E-state index contributed by atoms with van der Waals surface area (Å²) in [7, 11) is 4.10. The number of benzene rings is 3. The van der Waals surface area contributed by atoms with Crippen LogP contribution in [0.25, 0.3) is 11.1 Å². The first-order chi connectivity index (χ1) is 17.2. The third-order valence-corrected chi connectivity index (χ3v) is 6.87. The zero-order valence-corrected chi connectivity index (χ0v) is 22.8. The predicted molar refractivity (Wildman–Crippen MR) is 141 cm³/mol. The Morgan fingerprint density at radius 3 is 2.25 bits per heavy atom. The lowest BCUT2D eigenvalue weighted by Gasteiger charge is -2.16. The summed E-state index contributed by atoms with van der Waals surface area (Å²) in [4.78, 5) is 26.3. The molecule has 2 N–H and O–H groups in total. The normalized spacial score (nSPS) is 13.9. The van der Waals surface area contributed by atoms with E-state index in [-0.39, 0.29) is 12.3 Å². The SMILES string of the molecule is C=C(Cc1ccc(CN(C)C)cc1)/C(=C1\C(=O)Nc2cc([IH+])ccc21)c1ccc(CCC(=O)O)cc1. The Morgan fingerprint density at radius 2 is 1.61 bits per heavy atom. The third kappa shape index (κ3) is 6.12. The molecule has 5 nitrogen and oxygen atoms in total. The highest BCUT2D eigenvalue weighted by Gasteiger charge is 2.29. The smallest absolute Gasteiger partial charge is 0.303 e. The van der Waals surface area contributed by atoms with Gasteiger partial charge in [-0.1, -0.05) is 55.1 Å². The summed E-state index contributed by atoms with van der Waals surface area (Å²) >= 11 is 1.92. The number of aliphatic carboxylic acids is 1. The first-order valence-corrected chi connectivity index (χ1v) is 13.0. The number of halogens is 1. The number of nitrogens with one attached hydrogen (secondary N) is 1. The van der Waals surface area contributed by atoms with Crippen molar-refractivity contribution in [2.24, 2.45) is 0 Å². The topological polar surface area (TPSA) is 69.6 Å². The number of rotatable bonds is 9. The lowest BCUT2D eigenvalue weighted by molar-refractivity contribution is -0.328. The number of hydrogen-bond acceptors (Lipinski definition) is 3. The van der Waals surface area contributed by atoms with Crippen molar-refractivity contribution in [3.63, 3.8) is 0 Å². The molecule has 3 aromatic carbocycles. The van der Waals surface area contributed by atoms with Crippen LogP contribution in [0.15, 0.2) is 78.9 Å². The van der Waals surface area contributed by atoms with Gasteiger partial charge in [-0.25, -0.2) is 0 Å². The van der Waals surface area contributed by atoms with Crippen LogP contribution in [-0.2, 0) is 29.0 Å². The van der Waals surface area contributed by atoms with Gasteiger partial charge in [0.05, 0.1) is 11.3 Å². The first-order valence-electron chi connectivity index (χ1n) is 11.8. The highest BCUT2D eigenvalue weighted by molar-refractivity contribution is 6.38. The van der Waals surface area contributed by atoms with E-state index in [4.69, 9.17) is 5.11 Å². The number of aryl methyl sites for hydroxylation is 1. The van der Waals surface area contributed by atoms with Crippen molar-refractivity contribution in [2.75, 3.05) is 19.4 Å². The Kier molecular flexibility index (Phi) is 8.06. The first kappa shape index (κ1) is 25.9. The van der Waals surface area contributed by atoms with Crippen LogP contribution < -0.4 is 27.9 Å². The standard InChI is InChI=1S/C30H29IN2O3/c1-19(16-21-4-6-22(7-5-21)18-33(2)3)28(23-11-8-20(9-12-23)10-15-27(34)35)29-25-14-13-24(31)17-26(25)32-30(29)36/h4-9,11-14,17,31H,1,10,15-16,18H2,2-3H3,(H-,32,34,35,36)/p+1/b29-28+. The summed E-state index contributed by atoms with van der Waals surface area (Å²) in [6, 6.07) is 22.3. The number of allylic oxidation sites excluding steroid dienone is 2. The van der Waals surface area contributed by atoms with E-state index in [1.165, 1.54) is 5.56 Å². The summed E-state index contributed by atoms with van der Waals surface area (Å²) in [5, 5.41) is 12.0. The molecule has 1 amide bonds. The summed E-state index contributed by atoms with van der Waals surface area (Å²) < 4.78 is 1.09. The van der Waals surface area contributed by atoms with Crippen LogP contribution in [0.1, 0.15) is 34.2 Å². The Bertz CT molecular complexity index is 1340. The van der Waals surface area contributed by atoms with E-state index in [0.717, 1.165) is 49.2 Å². The maximum atomic E-state index is 13.2. The molecule has 1 heterocycles. The number of carbonyl (C=O) groups is 2. The minimum Gasteiger partial charge on any atom is -0.481 e. The minimum atomic E-state index is -0.818. The molecule has 1 aliphatic heterocycles. The summed E-state index contributed by atoms with van der Waals surface area (Å²) in [6.45, 7) is 5.30.